The molecular formula is C18H28N2O2S. The lowest BCUT2D eigenvalue weighted by atomic mass is 10.1. The number of nitrogens with zero attached hydrogens (tertiary/aromatic N) is 1. The molecule has 0 aromatic heterocycles. The van der Waals surface area contributed by atoms with Crippen molar-refractivity contribution >= 4 is 17.7 Å². The Kier molecular flexibility index (Phi) is 7.40. The predicted molar refractivity (Wildman–Crippen MR) is 95.9 cm³/mol. The highest BCUT2D eigenvalue weighted by molar-refractivity contribution is 8.00. The summed E-state index contributed by atoms with van der Waals surface area (Å²) in [5, 5.41) is 12.5. The predicted octanol–water partition coefficient (Wildman–Crippen LogP) is 2.36. The first-order valence-corrected chi connectivity index (χ1v) is 9.40. The summed E-state index contributed by atoms with van der Waals surface area (Å²) in [6, 6.07) is 6.34. The quantitative estimate of drug-likeness (QED) is 0.593. The third-order valence-electron chi connectivity index (χ3n) is 4.23. The Labute approximate surface area is 143 Å². The summed E-state index contributed by atoms with van der Waals surface area (Å²) < 4.78 is 0. The number of rotatable bonds is 7. The SMILES string of the molecule is Cc1ccc(C)c(SCC(=O)NCCCN2CCC(O)CC2)c1. The van der Waals surface area contributed by atoms with Crippen molar-refractivity contribution in [2.24, 2.45) is 0 Å². The van der Waals surface area contributed by atoms with Crippen LogP contribution in [0.25, 0.3) is 0 Å². The average Bonchev–Trinajstić information content (AvgIpc) is 2.54. The molecule has 1 fully saturated rings. The molecular weight excluding hydrogens is 308 g/mol. The first kappa shape index (κ1) is 18.3. The maximum absolute atomic E-state index is 11.9. The normalized spacial score (nSPS) is 16.5. The number of likely N-dealkylation sites (tertiary alicyclic amines) is 1. The van der Waals surface area contributed by atoms with E-state index in [0.717, 1.165) is 45.4 Å². The van der Waals surface area contributed by atoms with Crippen LogP contribution in [0.15, 0.2) is 23.1 Å². The molecule has 0 atom stereocenters. The second-order valence-electron chi connectivity index (χ2n) is 6.33. The molecule has 1 aromatic carbocycles. The lowest BCUT2D eigenvalue weighted by molar-refractivity contribution is -0.118. The number of aliphatic hydroxyl groups excluding tert-OH is 1. The maximum atomic E-state index is 11.9. The molecule has 1 aliphatic rings. The molecule has 23 heavy (non-hydrogen) atoms. The van der Waals surface area contributed by atoms with E-state index < -0.39 is 0 Å². The van der Waals surface area contributed by atoms with Gasteiger partial charge in [0.25, 0.3) is 0 Å². The average molecular weight is 337 g/mol. The first-order valence-electron chi connectivity index (χ1n) is 8.42. The van der Waals surface area contributed by atoms with E-state index in [-0.39, 0.29) is 12.0 Å². The Morgan fingerprint density at radius 2 is 2.09 bits per heavy atom. The number of piperidine rings is 1. The molecule has 1 amide bonds. The van der Waals surface area contributed by atoms with Crippen molar-refractivity contribution in [3.05, 3.63) is 29.3 Å². The zero-order valence-electron chi connectivity index (χ0n) is 14.2. The van der Waals surface area contributed by atoms with Crippen LogP contribution in [0.3, 0.4) is 0 Å². The van der Waals surface area contributed by atoms with Gasteiger partial charge in [0.05, 0.1) is 11.9 Å². The lowest BCUT2D eigenvalue weighted by Gasteiger charge is -2.29. The largest absolute Gasteiger partial charge is 0.393 e. The van der Waals surface area contributed by atoms with Gasteiger partial charge in [0.15, 0.2) is 0 Å². The number of hydrogen-bond acceptors (Lipinski definition) is 4. The molecule has 2 N–H and O–H groups in total. The smallest absolute Gasteiger partial charge is 0.230 e. The molecule has 5 heteroatoms. The summed E-state index contributed by atoms with van der Waals surface area (Å²) >= 11 is 1.61. The van der Waals surface area contributed by atoms with Crippen molar-refractivity contribution in [1.82, 2.24) is 10.2 Å². The van der Waals surface area contributed by atoms with Gasteiger partial charge in [-0.15, -0.1) is 11.8 Å². The summed E-state index contributed by atoms with van der Waals surface area (Å²) in [5.74, 6) is 0.574. The Morgan fingerprint density at radius 3 is 2.83 bits per heavy atom. The van der Waals surface area contributed by atoms with Crippen LogP contribution in [0, 0.1) is 13.8 Å². The number of carbonyl (C=O) groups is 1. The van der Waals surface area contributed by atoms with Gasteiger partial charge in [-0.2, -0.15) is 0 Å². The lowest BCUT2D eigenvalue weighted by Crippen LogP contribution is -2.37. The highest BCUT2D eigenvalue weighted by Gasteiger charge is 2.16. The summed E-state index contributed by atoms with van der Waals surface area (Å²) in [5.41, 5.74) is 2.45. The maximum Gasteiger partial charge on any atom is 0.230 e. The molecule has 1 aliphatic heterocycles. The van der Waals surface area contributed by atoms with Crippen LogP contribution in [-0.2, 0) is 4.79 Å². The minimum absolute atomic E-state index is 0.102. The minimum Gasteiger partial charge on any atom is -0.393 e. The Bertz CT molecular complexity index is 514. The minimum atomic E-state index is -0.118. The van der Waals surface area contributed by atoms with Crippen molar-refractivity contribution in [1.29, 1.82) is 0 Å². The van der Waals surface area contributed by atoms with Crippen LogP contribution in [0.5, 0.6) is 0 Å². The monoisotopic (exact) mass is 336 g/mol. The van der Waals surface area contributed by atoms with Crippen molar-refractivity contribution in [3.8, 4) is 0 Å². The van der Waals surface area contributed by atoms with Gasteiger partial charge >= 0.3 is 0 Å². The van der Waals surface area contributed by atoms with Crippen LogP contribution in [0.2, 0.25) is 0 Å². The van der Waals surface area contributed by atoms with E-state index in [1.165, 1.54) is 16.0 Å². The molecule has 0 bridgehead atoms. The first-order chi connectivity index (χ1) is 11.0. The van der Waals surface area contributed by atoms with Gasteiger partial charge in [0, 0.05) is 24.5 Å². The molecule has 0 aliphatic carbocycles. The fraction of sp³-hybridized carbons (Fsp3) is 0.611. The van der Waals surface area contributed by atoms with E-state index in [0.29, 0.717) is 5.75 Å². The van der Waals surface area contributed by atoms with E-state index >= 15 is 0 Å². The standard InChI is InChI=1S/C18H28N2O2S/c1-14-4-5-15(2)17(12-14)23-13-18(22)19-8-3-9-20-10-6-16(21)7-11-20/h4-5,12,16,21H,3,6-11,13H2,1-2H3,(H,19,22). The molecule has 0 unspecified atom stereocenters. The van der Waals surface area contributed by atoms with Gasteiger partial charge in [-0.25, -0.2) is 0 Å². The molecule has 4 nitrogen and oxygen atoms in total. The van der Waals surface area contributed by atoms with Crippen molar-refractivity contribution < 1.29 is 9.90 Å². The van der Waals surface area contributed by atoms with Gasteiger partial charge in [-0.1, -0.05) is 17.7 Å². The summed E-state index contributed by atoms with van der Waals surface area (Å²) in [6.45, 7) is 7.82. The van der Waals surface area contributed by atoms with Gasteiger partial charge < -0.3 is 15.3 Å². The molecule has 0 radical (unpaired) electrons. The Morgan fingerprint density at radius 1 is 1.35 bits per heavy atom. The fourth-order valence-electron chi connectivity index (χ4n) is 2.73. The molecule has 2 rings (SSSR count). The van der Waals surface area contributed by atoms with Gasteiger partial charge in [-0.05, 0) is 51.3 Å². The van der Waals surface area contributed by atoms with Crippen LogP contribution < -0.4 is 5.32 Å². The number of amides is 1. The number of carbonyl (C=O) groups excluding carboxylic acids is 1. The topological polar surface area (TPSA) is 52.6 Å². The van der Waals surface area contributed by atoms with E-state index in [4.69, 9.17) is 0 Å². The second kappa shape index (κ2) is 9.30. The third kappa shape index (κ3) is 6.53. The van der Waals surface area contributed by atoms with E-state index in [9.17, 15) is 9.90 Å². The number of aliphatic hydroxyl groups is 1. The van der Waals surface area contributed by atoms with Crippen LogP contribution >= 0.6 is 11.8 Å². The molecule has 1 aromatic rings. The number of aryl methyl sites for hydroxylation is 2. The van der Waals surface area contributed by atoms with Crippen LogP contribution in [-0.4, -0.2) is 53.9 Å². The molecule has 0 spiro atoms. The highest BCUT2D eigenvalue weighted by Crippen LogP contribution is 2.23. The van der Waals surface area contributed by atoms with Crippen LogP contribution in [0.1, 0.15) is 30.4 Å². The van der Waals surface area contributed by atoms with Crippen molar-refractivity contribution in [2.45, 2.75) is 44.1 Å². The van der Waals surface area contributed by atoms with Crippen LogP contribution in [0.4, 0.5) is 0 Å². The van der Waals surface area contributed by atoms with Gasteiger partial charge in [0.1, 0.15) is 0 Å². The summed E-state index contributed by atoms with van der Waals surface area (Å²) in [4.78, 5) is 15.5. The van der Waals surface area contributed by atoms with Crippen molar-refractivity contribution in [3.63, 3.8) is 0 Å². The number of thioether (sulfide) groups is 1. The molecule has 1 saturated heterocycles. The van der Waals surface area contributed by atoms with E-state index in [1.54, 1.807) is 11.8 Å². The summed E-state index contributed by atoms with van der Waals surface area (Å²) in [6.07, 6.45) is 2.60. The van der Waals surface area contributed by atoms with Gasteiger partial charge in [0.2, 0.25) is 5.91 Å². The Hall–Kier alpha value is -1.04. The highest BCUT2D eigenvalue weighted by atomic mass is 32.2. The zero-order valence-corrected chi connectivity index (χ0v) is 15.0. The molecule has 0 saturated carbocycles. The third-order valence-corrected chi connectivity index (χ3v) is 5.39. The number of hydrogen-bond donors (Lipinski definition) is 2. The zero-order chi connectivity index (χ0) is 16.7. The fourth-order valence-corrected chi connectivity index (χ4v) is 3.68. The number of nitrogens with one attached hydrogen (secondary N) is 1. The van der Waals surface area contributed by atoms with Crippen molar-refractivity contribution in [2.75, 3.05) is 31.9 Å². The molecule has 128 valence electrons. The van der Waals surface area contributed by atoms with E-state index in [2.05, 4.69) is 42.3 Å². The Balaban J connectivity index is 1.59. The van der Waals surface area contributed by atoms with E-state index in [1.807, 2.05) is 0 Å². The number of benzene rings is 1. The summed E-state index contributed by atoms with van der Waals surface area (Å²) in [7, 11) is 0. The second-order valence-corrected chi connectivity index (χ2v) is 7.35. The van der Waals surface area contributed by atoms with Gasteiger partial charge in [-0.3, -0.25) is 4.79 Å². The molecule has 1 heterocycles.